The summed E-state index contributed by atoms with van der Waals surface area (Å²) in [6.07, 6.45) is 0.169. The molecular formula is C16H10ClFO2. The number of Topliss-reactive ketones (excluding diaryl/α,β-unsaturated/α-hetero) is 1. The second-order valence-electron chi connectivity index (χ2n) is 4.50. The van der Waals surface area contributed by atoms with Crippen LogP contribution < -0.4 is 0 Å². The number of hydrogen-bond acceptors (Lipinski definition) is 2. The molecule has 0 unspecified atom stereocenters. The summed E-state index contributed by atoms with van der Waals surface area (Å²) in [5.41, 5.74) is 0.908. The first-order valence-electron chi connectivity index (χ1n) is 6.09. The van der Waals surface area contributed by atoms with Crippen LogP contribution in [-0.2, 0) is 6.42 Å². The SMILES string of the molecule is O=C(Cc1cccc(Cl)c1)c1cc2cccc(F)c2o1. The van der Waals surface area contributed by atoms with Crippen LogP contribution in [0.4, 0.5) is 4.39 Å². The lowest BCUT2D eigenvalue weighted by atomic mass is 10.1. The van der Waals surface area contributed by atoms with Crippen molar-refractivity contribution in [3.8, 4) is 0 Å². The smallest absolute Gasteiger partial charge is 0.202 e. The third-order valence-corrected chi connectivity index (χ3v) is 3.26. The molecule has 0 aliphatic heterocycles. The first-order chi connectivity index (χ1) is 9.63. The highest BCUT2D eigenvalue weighted by Gasteiger charge is 2.15. The number of fused-ring (bicyclic) bond motifs is 1. The second kappa shape index (κ2) is 5.10. The van der Waals surface area contributed by atoms with Gasteiger partial charge < -0.3 is 4.42 Å². The van der Waals surface area contributed by atoms with Gasteiger partial charge in [-0.25, -0.2) is 4.39 Å². The van der Waals surface area contributed by atoms with E-state index in [1.165, 1.54) is 6.07 Å². The lowest BCUT2D eigenvalue weighted by Gasteiger charge is -1.99. The number of halogens is 2. The zero-order valence-corrected chi connectivity index (χ0v) is 11.2. The molecule has 0 bridgehead atoms. The number of carbonyl (C=O) groups excluding carboxylic acids is 1. The van der Waals surface area contributed by atoms with E-state index < -0.39 is 5.82 Å². The summed E-state index contributed by atoms with van der Waals surface area (Å²) in [6.45, 7) is 0. The van der Waals surface area contributed by atoms with Crippen molar-refractivity contribution in [3.05, 3.63) is 70.7 Å². The second-order valence-corrected chi connectivity index (χ2v) is 4.94. The van der Waals surface area contributed by atoms with E-state index in [9.17, 15) is 9.18 Å². The molecular weight excluding hydrogens is 279 g/mol. The molecule has 0 spiro atoms. The Morgan fingerprint density at radius 1 is 1.15 bits per heavy atom. The minimum absolute atomic E-state index is 0.113. The van der Waals surface area contributed by atoms with Gasteiger partial charge in [0.15, 0.2) is 17.2 Å². The number of furan rings is 1. The minimum Gasteiger partial charge on any atom is -0.450 e. The van der Waals surface area contributed by atoms with E-state index >= 15 is 0 Å². The van der Waals surface area contributed by atoms with E-state index in [1.807, 2.05) is 6.07 Å². The van der Waals surface area contributed by atoms with E-state index in [2.05, 4.69) is 0 Å². The molecule has 0 radical (unpaired) electrons. The molecule has 0 atom stereocenters. The molecule has 0 amide bonds. The minimum atomic E-state index is -0.468. The van der Waals surface area contributed by atoms with Crippen LogP contribution in [0.3, 0.4) is 0 Å². The van der Waals surface area contributed by atoms with E-state index in [0.29, 0.717) is 10.4 Å². The summed E-state index contributed by atoms with van der Waals surface area (Å²) < 4.78 is 18.8. The maximum Gasteiger partial charge on any atom is 0.202 e. The van der Waals surface area contributed by atoms with E-state index in [0.717, 1.165) is 5.56 Å². The van der Waals surface area contributed by atoms with Gasteiger partial charge in [0.1, 0.15) is 0 Å². The van der Waals surface area contributed by atoms with Crippen molar-refractivity contribution in [1.82, 2.24) is 0 Å². The third-order valence-electron chi connectivity index (χ3n) is 3.02. The van der Waals surface area contributed by atoms with E-state index in [-0.39, 0.29) is 23.5 Å². The van der Waals surface area contributed by atoms with Crippen molar-refractivity contribution in [3.63, 3.8) is 0 Å². The topological polar surface area (TPSA) is 30.2 Å². The molecule has 4 heteroatoms. The highest BCUT2D eigenvalue weighted by atomic mass is 35.5. The van der Waals surface area contributed by atoms with Gasteiger partial charge in [-0.2, -0.15) is 0 Å². The summed E-state index contributed by atoms with van der Waals surface area (Å²) >= 11 is 5.88. The van der Waals surface area contributed by atoms with Crippen molar-refractivity contribution < 1.29 is 13.6 Å². The molecule has 1 aromatic heterocycles. The molecule has 1 heterocycles. The molecule has 0 saturated heterocycles. The summed E-state index contributed by atoms with van der Waals surface area (Å²) in [7, 11) is 0. The Kier molecular flexibility index (Phi) is 3.28. The molecule has 0 saturated carbocycles. The number of ketones is 1. The predicted molar refractivity (Wildman–Crippen MR) is 75.7 cm³/mol. The molecule has 0 aliphatic rings. The maximum atomic E-state index is 13.5. The summed E-state index contributed by atoms with van der Waals surface area (Å²) in [4.78, 5) is 12.1. The van der Waals surface area contributed by atoms with Crippen LogP contribution in [0.1, 0.15) is 16.1 Å². The summed E-state index contributed by atoms with van der Waals surface area (Å²) in [5, 5.41) is 1.16. The van der Waals surface area contributed by atoms with Gasteiger partial charge in [0, 0.05) is 16.8 Å². The van der Waals surface area contributed by atoms with E-state index in [1.54, 1.807) is 36.4 Å². The molecule has 2 aromatic carbocycles. The van der Waals surface area contributed by atoms with Gasteiger partial charge in [0.05, 0.1) is 0 Å². The Balaban J connectivity index is 1.91. The Hall–Kier alpha value is -2.13. The number of hydrogen-bond donors (Lipinski definition) is 0. The van der Waals surface area contributed by atoms with Crippen molar-refractivity contribution >= 4 is 28.4 Å². The zero-order chi connectivity index (χ0) is 14.1. The zero-order valence-electron chi connectivity index (χ0n) is 10.4. The van der Waals surface area contributed by atoms with Crippen LogP contribution in [0.15, 0.2) is 52.9 Å². The normalized spacial score (nSPS) is 10.9. The molecule has 0 N–H and O–H groups in total. The van der Waals surface area contributed by atoms with Crippen LogP contribution in [0, 0.1) is 5.82 Å². The van der Waals surface area contributed by atoms with Crippen LogP contribution in [0.5, 0.6) is 0 Å². The Bertz CT molecular complexity index is 792. The summed E-state index contributed by atoms with van der Waals surface area (Å²) in [6, 6.07) is 13.2. The maximum absolute atomic E-state index is 13.5. The van der Waals surface area contributed by atoms with Crippen LogP contribution in [0.25, 0.3) is 11.0 Å². The molecule has 2 nitrogen and oxygen atoms in total. The number of benzene rings is 2. The van der Waals surface area contributed by atoms with Crippen LogP contribution in [0.2, 0.25) is 5.02 Å². The number of rotatable bonds is 3. The summed E-state index contributed by atoms with van der Waals surface area (Å²) in [5.74, 6) is -0.516. The van der Waals surface area contributed by atoms with Crippen LogP contribution in [-0.4, -0.2) is 5.78 Å². The van der Waals surface area contributed by atoms with Crippen molar-refractivity contribution in [2.45, 2.75) is 6.42 Å². The first-order valence-corrected chi connectivity index (χ1v) is 6.47. The van der Waals surface area contributed by atoms with Crippen molar-refractivity contribution in [2.75, 3.05) is 0 Å². The van der Waals surface area contributed by atoms with Crippen LogP contribution >= 0.6 is 11.6 Å². The molecule has 100 valence electrons. The molecule has 0 fully saturated rings. The average Bonchev–Trinajstić information content (AvgIpc) is 2.84. The standard InChI is InChI=1S/C16H10ClFO2/c17-12-5-1-3-10(7-12)8-14(19)15-9-11-4-2-6-13(18)16(11)20-15/h1-7,9H,8H2. The number of para-hydroxylation sites is 1. The highest BCUT2D eigenvalue weighted by molar-refractivity contribution is 6.30. The predicted octanol–water partition coefficient (Wildman–Crippen LogP) is 4.65. The fraction of sp³-hybridized carbons (Fsp3) is 0.0625. The molecule has 20 heavy (non-hydrogen) atoms. The van der Waals surface area contributed by atoms with Gasteiger partial charge in [-0.3, -0.25) is 4.79 Å². The largest absolute Gasteiger partial charge is 0.450 e. The monoisotopic (exact) mass is 288 g/mol. The van der Waals surface area contributed by atoms with Crippen molar-refractivity contribution in [1.29, 1.82) is 0 Å². The third kappa shape index (κ3) is 2.45. The highest BCUT2D eigenvalue weighted by Crippen LogP contribution is 2.23. The molecule has 0 aliphatic carbocycles. The van der Waals surface area contributed by atoms with Crippen molar-refractivity contribution in [2.24, 2.45) is 0 Å². The fourth-order valence-corrected chi connectivity index (χ4v) is 2.30. The van der Waals surface area contributed by atoms with E-state index in [4.69, 9.17) is 16.0 Å². The lowest BCUT2D eigenvalue weighted by molar-refractivity contribution is 0.0968. The fourth-order valence-electron chi connectivity index (χ4n) is 2.08. The average molecular weight is 289 g/mol. The van der Waals surface area contributed by atoms with Gasteiger partial charge in [-0.1, -0.05) is 35.9 Å². The lowest BCUT2D eigenvalue weighted by Crippen LogP contribution is -2.01. The Morgan fingerprint density at radius 2 is 1.95 bits per heavy atom. The Labute approximate surface area is 119 Å². The molecule has 3 aromatic rings. The first kappa shape index (κ1) is 12.9. The van der Waals surface area contributed by atoms with Gasteiger partial charge in [-0.05, 0) is 29.8 Å². The van der Waals surface area contributed by atoms with Gasteiger partial charge in [0.25, 0.3) is 0 Å². The molecule has 3 rings (SSSR count). The van der Waals surface area contributed by atoms with Gasteiger partial charge >= 0.3 is 0 Å². The number of carbonyl (C=O) groups is 1. The Morgan fingerprint density at radius 3 is 2.70 bits per heavy atom. The quantitative estimate of drug-likeness (QED) is 0.657. The van der Waals surface area contributed by atoms with Gasteiger partial charge in [0.2, 0.25) is 5.78 Å². The van der Waals surface area contributed by atoms with Gasteiger partial charge in [-0.15, -0.1) is 0 Å².